The summed E-state index contributed by atoms with van der Waals surface area (Å²) in [5.74, 6) is -0.982. The molecule has 2 N–H and O–H groups in total. The number of nitrogens with one attached hydrogen (secondary N) is 1. The van der Waals surface area contributed by atoms with Gasteiger partial charge in [0.25, 0.3) is 5.56 Å². The molecule has 0 bridgehead atoms. The number of benzene rings is 1. The smallest absolute Gasteiger partial charge is 0.335 e. The number of rotatable bonds is 3. The topological polar surface area (TPSA) is 83.0 Å². The molecule has 0 aliphatic rings. The summed E-state index contributed by atoms with van der Waals surface area (Å²) >= 11 is 1.14. The van der Waals surface area contributed by atoms with Gasteiger partial charge in [-0.1, -0.05) is 17.8 Å². The average Bonchev–Trinajstić information content (AvgIpc) is 2.34. The molecule has 0 aliphatic heterocycles. The fraction of sp³-hybridized carbons (Fsp3) is 0.0833. The van der Waals surface area contributed by atoms with Crippen molar-refractivity contribution in [2.75, 3.05) is 0 Å². The highest BCUT2D eigenvalue weighted by molar-refractivity contribution is 7.99. The minimum Gasteiger partial charge on any atom is -0.478 e. The molecular formula is C12H10N2O3S. The number of carbonyl (C=O) groups is 1. The first-order chi connectivity index (χ1) is 8.58. The molecule has 1 aromatic heterocycles. The third kappa shape index (κ3) is 2.60. The first-order valence-corrected chi connectivity index (χ1v) is 5.95. The van der Waals surface area contributed by atoms with Gasteiger partial charge >= 0.3 is 5.97 Å². The van der Waals surface area contributed by atoms with Crippen LogP contribution in [0, 0.1) is 6.92 Å². The number of carboxylic acids is 1. The third-order valence-corrected chi connectivity index (χ3v) is 3.30. The molecule has 1 heterocycles. The first kappa shape index (κ1) is 12.4. The van der Waals surface area contributed by atoms with Gasteiger partial charge < -0.3 is 10.1 Å². The van der Waals surface area contributed by atoms with Crippen molar-refractivity contribution in [3.05, 3.63) is 52.1 Å². The SMILES string of the molecule is Cc1ccc(Sc2ncc[nH]c2=O)cc1C(=O)O. The summed E-state index contributed by atoms with van der Waals surface area (Å²) in [5, 5.41) is 9.31. The second kappa shape index (κ2) is 5.05. The van der Waals surface area contributed by atoms with E-state index in [2.05, 4.69) is 9.97 Å². The second-order valence-electron chi connectivity index (χ2n) is 3.61. The molecule has 0 spiro atoms. The van der Waals surface area contributed by atoms with Gasteiger partial charge in [0.05, 0.1) is 5.56 Å². The molecule has 1 aromatic carbocycles. The van der Waals surface area contributed by atoms with Crippen molar-refractivity contribution >= 4 is 17.7 Å². The lowest BCUT2D eigenvalue weighted by molar-refractivity contribution is 0.0696. The van der Waals surface area contributed by atoms with Crippen molar-refractivity contribution < 1.29 is 9.90 Å². The molecule has 0 unspecified atom stereocenters. The number of hydrogen-bond donors (Lipinski definition) is 2. The molecule has 0 atom stereocenters. The Morgan fingerprint density at radius 2 is 2.22 bits per heavy atom. The zero-order valence-electron chi connectivity index (χ0n) is 9.51. The highest BCUT2D eigenvalue weighted by Crippen LogP contribution is 2.25. The van der Waals surface area contributed by atoms with Crippen LogP contribution in [-0.2, 0) is 0 Å². The van der Waals surface area contributed by atoms with Gasteiger partial charge in [-0.05, 0) is 24.6 Å². The van der Waals surface area contributed by atoms with Crippen molar-refractivity contribution in [1.29, 1.82) is 0 Å². The van der Waals surface area contributed by atoms with Crippen LogP contribution in [0.4, 0.5) is 0 Å². The van der Waals surface area contributed by atoms with Crippen LogP contribution in [0.15, 0.2) is 45.3 Å². The zero-order chi connectivity index (χ0) is 13.1. The quantitative estimate of drug-likeness (QED) is 0.883. The molecule has 2 aromatic rings. The van der Waals surface area contributed by atoms with E-state index in [1.807, 2.05) is 0 Å². The summed E-state index contributed by atoms with van der Waals surface area (Å²) in [6.45, 7) is 1.73. The monoisotopic (exact) mass is 262 g/mol. The van der Waals surface area contributed by atoms with E-state index in [0.717, 1.165) is 11.8 Å². The number of aromatic amines is 1. The fourth-order valence-corrected chi connectivity index (χ4v) is 2.22. The normalized spacial score (nSPS) is 10.3. The summed E-state index contributed by atoms with van der Waals surface area (Å²) < 4.78 is 0. The summed E-state index contributed by atoms with van der Waals surface area (Å²) in [6.07, 6.45) is 2.93. The largest absolute Gasteiger partial charge is 0.478 e. The van der Waals surface area contributed by atoms with Crippen molar-refractivity contribution in [2.24, 2.45) is 0 Å². The van der Waals surface area contributed by atoms with Gasteiger partial charge in [0.15, 0.2) is 5.03 Å². The molecule has 0 amide bonds. The molecular weight excluding hydrogens is 252 g/mol. The summed E-state index contributed by atoms with van der Waals surface area (Å²) in [6, 6.07) is 5.01. The summed E-state index contributed by atoms with van der Waals surface area (Å²) in [4.78, 5) is 29.6. The van der Waals surface area contributed by atoms with E-state index < -0.39 is 5.97 Å². The maximum absolute atomic E-state index is 11.5. The van der Waals surface area contributed by atoms with Crippen molar-refractivity contribution in [3.63, 3.8) is 0 Å². The Hall–Kier alpha value is -2.08. The maximum atomic E-state index is 11.5. The summed E-state index contributed by atoms with van der Waals surface area (Å²) in [5.41, 5.74) is 0.620. The van der Waals surface area contributed by atoms with E-state index >= 15 is 0 Å². The molecule has 18 heavy (non-hydrogen) atoms. The number of hydrogen-bond acceptors (Lipinski definition) is 4. The predicted octanol–water partition coefficient (Wildman–Crippen LogP) is 1.93. The molecule has 5 nitrogen and oxygen atoms in total. The lowest BCUT2D eigenvalue weighted by atomic mass is 10.1. The van der Waals surface area contributed by atoms with Gasteiger partial charge in [-0.3, -0.25) is 4.79 Å². The summed E-state index contributed by atoms with van der Waals surface area (Å²) in [7, 11) is 0. The van der Waals surface area contributed by atoms with Crippen LogP contribution in [0.2, 0.25) is 0 Å². The van der Waals surface area contributed by atoms with Crippen LogP contribution in [0.5, 0.6) is 0 Å². The van der Waals surface area contributed by atoms with Crippen molar-refractivity contribution in [1.82, 2.24) is 9.97 Å². The Morgan fingerprint density at radius 3 is 2.89 bits per heavy atom. The molecule has 6 heteroatoms. The van der Waals surface area contributed by atoms with E-state index in [0.29, 0.717) is 10.5 Å². The minimum atomic E-state index is -0.982. The van der Waals surface area contributed by atoms with Crippen LogP contribution in [0.3, 0.4) is 0 Å². The maximum Gasteiger partial charge on any atom is 0.335 e. The second-order valence-corrected chi connectivity index (χ2v) is 4.67. The third-order valence-electron chi connectivity index (χ3n) is 2.33. The van der Waals surface area contributed by atoms with E-state index in [4.69, 9.17) is 5.11 Å². The molecule has 92 valence electrons. The molecule has 0 aliphatic carbocycles. The van der Waals surface area contributed by atoms with Gasteiger partial charge in [0, 0.05) is 17.3 Å². The molecule has 2 rings (SSSR count). The lowest BCUT2D eigenvalue weighted by Crippen LogP contribution is -2.08. The van der Waals surface area contributed by atoms with E-state index in [1.165, 1.54) is 18.5 Å². The van der Waals surface area contributed by atoms with Gasteiger partial charge in [-0.15, -0.1) is 0 Å². The molecule has 0 radical (unpaired) electrons. The van der Waals surface area contributed by atoms with Crippen LogP contribution < -0.4 is 5.56 Å². The minimum absolute atomic E-state index is 0.229. The lowest BCUT2D eigenvalue weighted by Gasteiger charge is -2.04. The Balaban J connectivity index is 2.36. The van der Waals surface area contributed by atoms with Gasteiger partial charge in [-0.2, -0.15) is 0 Å². The zero-order valence-corrected chi connectivity index (χ0v) is 10.3. The van der Waals surface area contributed by atoms with Gasteiger partial charge in [-0.25, -0.2) is 9.78 Å². The van der Waals surface area contributed by atoms with Crippen LogP contribution in [-0.4, -0.2) is 21.0 Å². The standard InChI is InChI=1S/C12H10N2O3S/c1-7-2-3-8(6-9(7)12(16)17)18-11-10(15)13-4-5-14-11/h2-6H,1H3,(H,13,15)(H,16,17). The number of nitrogens with zero attached hydrogens (tertiary/aromatic N) is 1. The van der Waals surface area contributed by atoms with Crippen molar-refractivity contribution in [3.8, 4) is 0 Å². The van der Waals surface area contributed by atoms with Gasteiger partial charge in [0.1, 0.15) is 0 Å². The highest BCUT2D eigenvalue weighted by atomic mass is 32.2. The highest BCUT2D eigenvalue weighted by Gasteiger charge is 2.10. The van der Waals surface area contributed by atoms with Crippen LogP contribution >= 0.6 is 11.8 Å². The molecule has 0 saturated carbocycles. The number of carboxylic acid groups (broad SMARTS) is 1. The average molecular weight is 262 g/mol. The van der Waals surface area contributed by atoms with E-state index in [9.17, 15) is 9.59 Å². The Bertz CT molecular complexity index is 652. The Morgan fingerprint density at radius 1 is 1.44 bits per heavy atom. The number of aromatic carboxylic acids is 1. The van der Waals surface area contributed by atoms with E-state index in [-0.39, 0.29) is 16.1 Å². The number of aromatic nitrogens is 2. The van der Waals surface area contributed by atoms with Crippen molar-refractivity contribution in [2.45, 2.75) is 16.8 Å². The number of aryl methyl sites for hydroxylation is 1. The molecule has 0 fully saturated rings. The Kier molecular flexibility index (Phi) is 3.47. The first-order valence-electron chi connectivity index (χ1n) is 5.13. The number of H-pyrrole nitrogens is 1. The van der Waals surface area contributed by atoms with E-state index in [1.54, 1.807) is 19.1 Å². The van der Waals surface area contributed by atoms with Crippen LogP contribution in [0.1, 0.15) is 15.9 Å². The Labute approximate surface area is 107 Å². The predicted molar refractivity (Wildman–Crippen MR) is 67.1 cm³/mol. The van der Waals surface area contributed by atoms with Crippen LogP contribution in [0.25, 0.3) is 0 Å². The van der Waals surface area contributed by atoms with Gasteiger partial charge in [0.2, 0.25) is 0 Å². The fourth-order valence-electron chi connectivity index (χ4n) is 1.42. The molecule has 0 saturated heterocycles.